The molecule has 0 radical (unpaired) electrons. The van der Waals surface area contributed by atoms with Gasteiger partial charge in [-0.3, -0.25) is 9.59 Å². The summed E-state index contributed by atoms with van der Waals surface area (Å²) in [5.41, 5.74) is 0.580. The van der Waals surface area contributed by atoms with Gasteiger partial charge in [-0.2, -0.15) is 0 Å². The highest BCUT2D eigenvalue weighted by Crippen LogP contribution is 2.33. The van der Waals surface area contributed by atoms with Gasteiger partial charge in [0.05, 0.1) is 11.4 Å². The smallest absolute Gasteiger partial charge is 0.314 e. The van der Waals surface area contributed by atoms with Crippen molar-refractivity contribution in [1.82, 2.24) is 0 Å². The molecule has 0 atom stereocenters. The molecule has 0 bridgehead atoms. The van der Waals surface area contributed by atoms with Crippen LogP contribution < -0.4 is 10.6 Å². The first-order valence-electron chi connectivity index (χ1n) is 7.96. The minimum atomic E-state index is -0.910. The largest absolute Gasteiger partial charge is 0.506 e. The summed E-state index contributed by atoms with van der Waals surface area (Å²) < 4.78 is 0. The van der Waals surface area contributed by atoms with Gasteiger partial charge in [0.1, 0.15) is 5.75 Å². The molecule has 3 aromatic carbocycles. The van der Waals surface area contributed by atoms with Gasteiger partial charge >= 0.3 is 11.8 Å². The topological polar surface area (TPSA) is 78.4 Å². The van der Waals surface area contributed by atoms with E-state index in [9.17, 15) is 14.7 Å². The lowest BCUT2D eigenvalue weighted by atomic mass is 10.3. The van der Waals surface area contributed by atoms with Crippen LogP contribution in [0.2, 0.25) is 5.02 Å². The highest BCUT2D eigenvalue weighted by molar-refractivity contribution is 7.99. The van der Waals surface area contributed by atoms with Gasteiger partial charge in [0.2, 0.25) is 0 Å². The highest BCUT2D eigenvalue weighted by Gasteiger charge is 2.17. The number of aromatic hydroxyl groups is 1. The fourth-order valence-electron chi connectivity index (χ4n) is 2.24. The van der Waals surface area contributed by atoms with Crippen LogP contribution in [0.25, 0.3) is 0 Å². The molecule has 3 aromatic rings. The van der Waals surface area contributed by atoms with Gasteiger partial charge in [-0.1, -0.05) is 53.7 Å². The van der Waals surface area contributed by atoms with Crippen molar-refractivity contribution in [2.24, 2.45) is 0 Å². The van der Waals surface area contributed by atoms with Crippen molar-refractivity contribution in [3.63, 3.8) is 0 Å². The van der Waals surface area contributed by atoms with Crippen LogP contribution in [0.15, 0.2) is 82.6 Å². The van der Waals surface area contributed by atoms with E-state index in [2.05, 4.69) is 10.6 Å². The Morgan fingerprint density at radius 3 is 2.19 bits per heavy atom. The molecule has 0 saturated heterocycles. The Balaban J connectivity index is 1.72. The number of phenolic OH excluding ortho intramolecular Hbond substituents is 1. The second-order valence-electron chi connectivity index (χ2n) is 5.48. The third kappa shape index (κ3) is 5.03. The minimum Gasteiger partial charge on any atom is -0.506 e. The third-order valence-corrected chi connectivity index (χ3v) is 4.84. The summed E-state index contributed by atoms with van der Waals surface area (Å²) in [5, 5.41) is 15.0. The van der Waals surface area contributed by atoms with Gasteiger partial charge in [0.15, 0.2) is 0 Å². The average Bonchev–Trinajstić information content (AvgIpc) is 2.67. The first-order chi connectivity index (χ1) is 13.0. The van der Waals surface area contributed by atoms with Gasteiger partial charge in [0.25, 0.3) is 0 Å². The van der Waals surface area contributed by atoms with E-state index in [0.717, 1.165) is 9.79 Å². The average molecular weight is 399 g/mol. The second-order valence-corrected chi connectivity index (χ2v) is 7.03. The van der Waals surface area contributed by atoms with Crippen molar-refractivity contribution >= 4 is 46.6 Å². The Kier molecular flexibility index (Phi) is 6.01. The van der Waals surface area contributed by atoms with E-state index >= 15 is 0 Å². The molecule has 5 nitrogen and oxygen atoms in total. The molecule has 0 saturated carbocycles. The highest BCUT2D eigenvalue weighted by atomic mass is 35.5. The van der Waals surface area contributed by atoms with Gasteiger partial charge in [0, 0.05) is 14.8 Å². The van der Waals surface area contributed by atoms with Crippen LogP contribution in [0.3, 0.4) is 0 Å². The maximum Gasteiger partial charge on any atom is 0.314 e. The van der Waals surface area contributed by atoms with Gasteiger partial charge in [-0.15, -0.1) is 0 Å². The molecular weight excluding hydrogens is 384 g/mol. The molecule has 0 aromatic heterocycles. The maximum atomic E-state index is 12.3. The monoisotopic (exact) mass is 398 g/mol. The number of amides is 2. The van der Waals surface area contributed by atoms with Crippen LogP contribution in [-0.4, -0.2) is 16.9 Å². The van der Waals surface area contributed by atoms with Crippen molar-refractivity contribution in [1.29, 1.82) is 0 Å². The number of carbonyl (C=O) groups is 2. The molecule has 136 valence electrons. The van der Waals surface area contributed by atoms with Crippen molar-refractivity contribution in [3.05, 3.63) is 77.8 Å². The molecule has 3 N–H and O–H groups in total. The van der Waals surface area contributed by atoms with Crippen LogP contribution in [0.1, 0.15) is 0 Å². The quantitative estimate of drug-likeness (QED) is 0.436. The summed E-state index contributed by atoms with van der Waals surface area (Å²) in [6, 6.07) is 21.1. The van der Waals surface area contributed by atoms with Crippen molar-refractivity contribution in [2.45, 2.75) is 9.79 Å². The Labute approximate surface area is 165 Å². The van der Waals surface area contributed by atoms with E-state index in [4.69, 9.17) is 11.6 Å². The molecule has 3 rings (SSSR count). The van der Waals surface area contributed by atoms with Gasteiger partial charge in [-0.05, 0) is 42.5 Å². The summed E-state index contributed by atoms with van der Waals surface area (Å²) in [4.78, 5) is 26.2. The number of phenols is 1. The zero-order valence-electron chi connectivity index (χ0n) is 14.0. The number of para-hydroxylation sites is 1. The minimum absolute atomic E-state index is 0.0644. The molecule has 0 unspecified atom stereocenters. The summed E-state index contributed by atoms with van der Waals surface area (Å²) in [7, 11) is 0. The van der Waals surface area contributed by atoms with Crippen LogP contribution in [-0.2, 0) is 9.59 Å². The van der Waals surface area contributed by atoms with Crippen LogP contribution in [0.5, 0.6) is 5.75 Å². The van der Waals surface area contributed by atoms with E-state index in [-0.39, 0.29) is 11.4 Å². The molecule has 0 aliphatic carbocycles. The van der Waals surface area contributed by atoms with Gasteiger partial charge < -0.3 is 15.7 Å². The van der Waals surface area contributed by atoms with Crippen molar-refractivity contribution < 1.29 is 14.7 Å². The van der Waals surface area contributed by atoms with E-state index < -0.39 is 11.8 Å². The van der Waals surface area contributed by atoms with E-state index in [0.29, 0.717) is 10.7 Å². The number of hydrogen-bond donors (Lipinski definition) is 3. The van der Waals surface area contributed by atoms with E-state index in [1.54, 1.807) is 12.1 Å². The lowest BCUT2D eigenvalue weighted by Crippen LogP contribution is -2.29. The van der Waals surface area contributed by atoms with E-state index in [1.165, 1.54) is 30.0 Å². The Hall–Kier alpha value is -2.96. The predicted molar refractivity (Wildman–Crippen MR) is 107 cm³/mol. The number of anilines is 2. The fraction of sp³-hybridized carbons (Fsp3) is 0. The maximum absolute atomic E-state index is 12.3. The van der Waals surface area contributed by atoms with Crippen LogP contribution >= 0.6 is 23.4 Å². The zero-order chi connectivity index (χ0) is 19.2. The first kappa shape index (κ1) is 18.8. The van der Waals surface area contributed by atoms with Crippen molar-refractivity contribution in [3.8, 4) is 5.75 Å². The summed E-state index contributed by atoms with van der Waals surface area (Å²) in [6.45, 7) is 0. The molecule has 27 heavy (non-hydrogen) atoms. The normalized spacial score (nSPS) is 10.3. The summed E-state index contributed by atoms with van der Waals surface area (Å²) >= 11 is 7.31. The van der Waals surface area contributed by atoms with E-state index in [1.807, 2.05) is 42.5 Å². The molecule has 2 amide bonds. The lowest BCUT2D eigenvalue weighted by molar-refractivity contribution is -0.133. The summed E-state index contributed by atoms with van der Waals surface area (Å²) in [6.07, 6.45) is 0. The molecule has 0 aliphatic rings. The Bertz CT molecular complexity index is 980. The number of benzene rings is 3. The zero-order valence-corrected chi connectivity index (χ0v) is 15.6. The molecule has 7 heteroatoms. The standard InChI is InChI=1S/C20H15ClN2O3S/c21-13-10-11-17(24)16(12-13)23-20(26)19(25)22-15-8-4-5-9-18(15)27-14-6-2-1-3-7-14/h1-12,24H,(H,22,25)(H,23,26). The third-order valence-electron chi connectivity index (χ3n) is 3.52. The Morgan fingerprint density at radius 2 is 1.44 bits per heavy atom. The van der Waals surface area contributed by atoms with Crippen LogP contribution in [0.4, 0.5) is 11.4 Å². The molecule has 0 heterocycles. The van der Waals surface area contributed by atoms with Crippen LogP contribution in [0, 0.1) is 0 Å². The summed E-state index contributed by atoms with van der Waals surface area (Å²) in [5.74, 6) is -1.94. The number of halogens is 1. The number of hydrogen-bond acceptors (Lipinski definition) is 4. The second kappa shape index (κ2) is 8.62. The molecule has 0 aliphatic heterocycles. The first-order valence-corrected chi connectivity index (χ1v) is 9.15. The van der Waals surface area contributed by atoms with Gasteiger partial charge in [-0.25, -0.2) is 0 Å². The number of carbonyl (C=O) groups excluding carboxylic acids is 2. The Morgan fingerprint density at radius 1 is 0.815 bits per heavy atom. The number of rotatable bonds is 4. The fourth-order valence-corrected chi connectivity index (χ4v) is 3.34. The lowest BCUT2D eigenvalue weighted by Gasteiger charge is -2.11. The molecule has 0 fully saturated rings. The molecule has 0 spiro atoms. The molecular formula is C20H15ClN2O3S. The predicted octanol–water partition coefficient (Wildman–Crippen LogP) is 4.77. The number of nitrogens with one attached hydrogen (secondary N) is 2. The SMILES string of the molecule is O=C(Nc1cc(Cl)ccc1O)C(=O)Nc1ccccc1Sc1ccccc1. The van der Waals surface area contributed by atoms with Crippen molar-refractivity contribution in [2.75, 3.05) is 10.6 Å².